The molecule has 0 saturated carbocycles. The highest BCUT2D eigenvalue weighted by atomic mass is 35.5. The molecule has 0 aliphatic carbocycles. The quantitative estimate of drug-likeness (QED) is 0.773. The van der Waals surface area contributed by atoms with Gasteiger partial charge in [0.1, 0.15) is 6.10 Å². The number of rotatable bonds is 6. The number of benzene rings is 2. The monoisotopic (exact) mass is 386 g/mol. The molecule has 1 aliphatic rings. The van der Waals surface area contributed by atoms with Crippen LogP contribution in [0.2, 0.25) is 5.02 Å². The van der Waals surface area contributed by atoms with Crippen molar-refractivity contribution in [2.75, 3.05) is 26.2 Å². The van der Waals surface area contributed by atoms with Gasteiger partial charge in [-0.3, -0.25) is 9.59 Å². The van der Waals surface area contributed by atoms with Crippen LogP contribution < -0.4 is 5.32 Å². The van der Waals surface area contributed by atoms with Gasteiger partial charge in [0.2, 0.25) is 5.91 Å². The number of amides is 2. The lowest BCUT2D eigenvalue weighted by molar-refractivity contribution is -0.139. The number of ether oxygens (including phenoxy) is 1. The molecule has 3 rings (SSSR count). The highest BCUT2D eigenvalue weighted by Crippen LogP contribution is 2.24. The van der Waals surface area contributed by atoms with Crippen LogP contribution in [0.15, 0.2) is 54.6 Å². The molecule has 1 fully saturated rings. The molecular formula is C21H23ClN2O3. The Kier molecular flexibility index (Phi) is 6.85. The zero-order valence-corrected chi connectivity index (χ0v) is 15.8. The van der Waals surface area contributed by atoms with Gasteiger partial charge in [-0.15, -0.1) is 0 Å². The molecule has 1 saturated heterocycles. The van der Waals surface area contributed by atoms with Crippen LogP contribution in [0.25, 0.3) is 0 Å². The summed E-state index contributed by atoms with van der Waals surface area (Å²) in [5.74, 6) is -0.0246. The van der Waals surface area contributed by atoms with E-state index in [9.17, 15) is 9.59 Å². The van der Waals surface area contributed by atoms with E-state index in [1.54, 1.807) is 12.1 Å². The van der Waals surface area contributed by atoms with Crippen molar-refractivity contribution in [3.8, 4) is 0 Å². The van der Waals surface area contributed by atoms with Gasteiger partial charge in [0, 0.05) is 30.1 Å². The van der Waals surface area contributed by atoms with Crippen molar-refractivity contribution >= 4 is 23.4 Å². The molecule has 142 valence electrons. The fourth-order valence-corrected chi connectivity index (χ4v) is 3.17. The van der Waals surface area contributed by atoms with Gasteiger partial charge in [-0.25, -0.2) is 0 Å². The van der Waals surface area contributed by atoms with Crippen LogP contribution in [0.3, 0.4) is 0 Å². The predicted molar refractivity (Wildman–Crippen MR) is 105 cm³/mol. The van der Waals surface area contributed by atoms with Crippen LogP contribution in [0.4, 0.5) is 0 Å². The van der Waals surface area contributed by atoms with E-state index >= 15 is 0 Å². The minimum absolute atomic E-state index is 0.0891. The number of morpholine rings is 1. The van der Waals surface area contributed by atoms with Gasteiger partial charge in [0.15, 0.2) is 0 Å². The van der Waals surface area contributed by atoms with Crippen LogP contribution in [0, 0.1) is 0 Å². The lowest BCUT2D eigenvalue weighted by atomic mass is 10.1. The van der Waals surface area contributed by atoms with Gasteiger partial charge in [0.05, 0.1) is 13.2 Å². The molecule has 1 atom stereocenters. The van der Waals surface area contributed by atoms with E-state index in [0.29, 0.717) is 49.7 Å². The maximum Gasteiger partial charge on any atom is 0.251 e. The summed E-state index contributed by atoms with van der Waals surface area (Å²) in [7, 11) is 0. The Hall–Kier alpha value is -2.37. The van der Waals surface area contributed by atoms with Gasteiger partial charge >= 0.3 is 0 Å². The second kappa shape index (κ2) is 9.53. The van der Waals surface area contributed by atoms with Crippen LogP contribution >= 0.6 is 11.6 Å². The van der Waals surface area contributed by atoms with Crippen molar-refractivity contribution in [1.82, 2.24) is 10.2 Å². The second-order valence-corrected chi connectivity index (χ2v) is 6.91. The molecule has 27 heavy (non-hydrogen) atoms. The van der Waals surface area contributed by atoms with Gasteiger partial charge in [-0.1, -0.05) is 41.9 Å². The summed E-state index contributed by atoms with van der Waals surface area (Å²) in [6.45, 7) is 2.13. The van der Waals surface area contributed by atoms with Crippen LogP contribution in [0.1, 0.15) is 34.9 Å². The largest absolute Gasteiger partial charge is 0.370 e. The fourth-order valence-electron chi connectivity index (χ4n) is 3.05. The number of carbonyl (C=O) groups excluding carboxylic acids is 2. The first-order chi connectivity index (χ1) is 13.1. The van der Waals surface area contributed by atoms with Crippen molar-refractivity contribution in [3.05, 3.63) is 70.7 Å². The molecule has 2 amide bonds. The second-order valence-electron chi connectivity index (χ2n) is 6.48. The predicted octanol–water partition coefficient (Wildman–Crippen LogP) is 3.45. The number of halogens is 1. The van der Waals surface area contributed by atoms with Crippen molar-refractivity contribution in [1.29, 1.82) is 0 Å². The van der Waals surface area contributed by atoms with E-state index in [4.69, 9.17) is 16.3 Å². The maximum atomic E-state index is 12.5. The van der Waals surface area contributed by atoms with Crippen molar-refractivity contribution in [3.63, 3.8) is 0 Å². The Morgan fingerprint density at radius 3 is 2.59 bits per heavy atom. The molecule has 1 unspecified atom stereocenters. The zero-order valence-electron chi connectivity index (χ0n) is 15.1. The Bertz CT molecular complexity index is 765. The molecule has 1 heterocycles. The van der Waals surface area contributed by atoms with Gasteiger partial charge in [-0.05, 0) is 36.2 Å². The number of hydrogen-bond acceptors (Lipinski definition) is 3. The maximum absolute atomic E-state index is 12.5. The van der Waals surface area contributed by atoms with E-state index in [0.717, 1.165) is 5.56 Å². The molecule has 1 N–H and O–H groups in total. The van der Waals surface area contributed by atoms with Crippen molar-refractivity contribution in [2.24, 2.45) is 0 Å². The molecule has 5 nitrogen and oxygen atoms in total. The Labute approximate surface area is 164 Å². The molecule has 0 bridgehead atoms. The van der Waals surface area contributed by atoms with Crippen LogP contribution in [-0.4, -0.2) is 43.0 Å². The Morgan fingerprint density at radius 2 is 1.85 bits per heavy atom. The highest BCUT2D eigenvalue weighted by molar-refractivity contribution is 6.30. The first-order valence-corrected chi connectivity index (χ1v) is 9.49. The zero-order chi connectivity index (χ0) is 19.1. The third-order valence-corrected chi connectivity index (χ3v) is 4.80. The van der Waals surface area contributed by atoms with E-state index in [1.807, 2.05) is 47.4 Å². The summed E-state index contributed by atoms with van der Waals surface area (Å²) in [4.78, 5) is 26.3. The van der Waals surface area contributed by atoms with Gasteiger partial charge in [-0.2, -0.15) is 0 Å². The summed E-state index contributed by atoms with van der Waals surface area (Å²) in [6, 6.07) is 16.6. The molecule has 0 radical (unpaired) electrons. The first kappa shape index (κ1) is 19.4. The lowest BCUT2D eigenvalue weighted by Crippen LogP contribution is -2.42. The normalized spacial score (nSPS) is 16.8. The third kappa shape index (κ3) is 5.55. The summed E-state index contributed by atoms with van der Waals surface area (Å²) in [5, 5.41) is 3.53. The fraction of sp³-hybridized carbons (Fsp3) is 0.333. The number of hydrogen-bond donors (Lipinski definition) is 1. The van der Waals surface area contributed by atoms with Crippen LogP contribution in [-0.2, 0) is 9.53 Å². The Morgan fingerprint density at radius 1 is 1.11 bits per heavy atom. The van der Waals surface area contributed by atoms with Gasteiger partial charge in [0.25, 0.3) is 5.91 Å². The lowest BCUT2D eigenvalue weighted by Gasteiger charge is -2.33. The van der Waals surface area contributed by atoms with E-state index in [2.05, 4.69) is 5.32 Å². The van der Waals surface area contributed by atoms with Crippen molar-refractivity contribution in [2.45, 2.75) is 18.9 Å². The summed E-state index contributed by atoms with van der Waals surface area (Å²) in [5.41, 5.74) is 1.65. The minimum Gasteiger partial charge on any atom is -0.370 e. The molecular weight excluding hydrogens is 364 g/mol. The van der Waals surface area contributed by atoms with E-state index < -0.39 is 0 Å². The molecule has 1 aliphatic heterocycles. The molecule has 2 aromatic carbocycles. The average molecular weight is 387 g/mol. The number of nitrogens with zero attached hydrogens (tertiary/aromatic N) is 1. The number of nitrogens with one attached hydrogen (secondary N) is 1. The van der Waals surface area contributed by atoms with E-state index in [-0.39, 0.29) is 17.9 Å². The van der Waals surface area contributed by atoms with Crippen LogP contribution in [0.5, 0.6) is 0 Å². The third-order valence-electron chi connectivity index (χ3n) is 4.55. The standard InChI is InChI=1S/C21H23ClN2O3/c22-18-10-8-16(9-11-18)19-15-24(13-14-27-19)20(25)7-4-12-23-21(26)17-5-2-1-3-6-17/h1-3,5-6,8-11,19H,4,7,12-15H2,(H,23,26). The molecule has 6 heteroatoms. The minimum atomic E-state index is -0.127. The van der Waals surface area contributed by atoms with Gasteiger partial charge < -0.3 is 15.0 Å². The molecule has 0 spiro atoms. The molecule has 2 aromatic rings. The smallest absolute Gasteiger partial charge is 0.251 e. The Balaban J connectivity index is 1.42. The average Bonchev–Trinajstić information content (AvgIpc) is 2.72. The van der Waals surface area contributed by atoms with Crippen molar-refractivity contribution < 1.29 is 14.3 Å². The summed E-state index contributed by atoms with van der Waals surface area (Å²) < 4.78 is 5.80. The first-order valence-electron chi connectivity index (χ1n) is 9.11. The summed E-state index contributed by atoms with van der Waals surface area (Å²) >= 11 is 5.93. The highest BCUT2D eigenvalue weighted by Gasteiger charge is 2.25. The summed E-state index contributed by atoms with van der Waals surface area (Å²) in [6.07, 6.45) is 0.890. The van der Waals surface area contributed by atoms with E-state index in [1.165, 1.54) is 0 Å². The molecule has 0 aromatic heterocycles. The SMILES string of the molecule is O=C(NCCCC(=O)N1CCOC(c2ccc(Cl)cc2)C1)c1ccccc1. The topological polar surface area (TPSA) is 58.6 Å². The number of carbonyl (C=O) groups is 2.